The second-order valence-corrected chi connectivity index (χ2v) is 7.04. The van der Waals surface area contributed by atoms with Crippen molar-refractivity contribution < 1.29 is 19.1 Å². The monoisotopic (exact) mass is 369 g/mol. The molecular formula is C20H23N3O4. The van der Waals surface area contributed by atoms with Crippen LogP contribution in [0.2, 0.25) is 0 Å². The Bertz CT molecular complexity index is 847. The molecule has 1 amide bonds. The van der Waals surface area contributed by atoms with Crippen LogP contribution in [0, 0.1) is 0 Å². The molecule has 1 fully saturated rings. The van der Waals surface area contributed by atoms with Gasteiger partial charge in [-0.2, -0.15) is 0 Å². The molecule has 0 bridgehead atoms. The van der Waals surface area contributed by atoms with Gasteiger partial charge >= 0.3 is 5.97 Å². The number of ether oxygens (including phenoxy) is 2. The summed E-state index contributed by atoms with van der Waals surface area (Å²) >= 11 is 0. The highest BCUT2D eigenvalue weighted by Gasteiger charge is 2.32. The van der Waals surface area contributed by atoms with Crippen LogP contribution in [0.1, 0.15) is 34.1 Å². The average Bonchev–Trinajstić information content (AvgIpc) is 3.27. The molecule has 2 aromatic rings. The number of anilines is 1. The molecular weight excluding hydrogens is 346 g/mol. The molecule has 2 unspecified atom stereocenters. The second kappa shape index (κ2) is 7.44. The quantitative estimate of drug-likeness (QED) is 0.786. The lowest BCUT2D eigenvalue weighted by Crippen LogP contribution is -2.46. The van der Waals surface area contributed by atoms with Crippen molar-refractivity contribution in [2.45, 2.75) is 24.9 Å². The van der Waals surface area contributed by atoms with E-state index >= 15 is 0 Å². The molecule has 2 aliphatic rings. The molecule has 2 N–H and O–H groups in total. The fourth-order valence-electron chi connectivity index (χ4n) is 3.98. The SMILES string of the molecule is COC(=O)c1ccc(CN2CC(CC3COCC(=O)N3)c3ccccc32)[nH]1. The van der Waals surface area contributed by atoms with Crippen molar-refractivity contribution in [1.82, 2.24) is 10.3 Å². The summed E-state index contributed by atoms with van der Waals surface area (Å²) in [4.78, 5) is 28.7. The molecule has 7 nitrogen and oxygen atoms in total. The third-order valence-corrected chi connectivity index (χ3v) is 5.16. The highest BCUT2D eigenvalue weighted by Crippen LogP contribution is 2.39. The van der Waals surface area contributed by atoms with Gasteiger partial charge in [0.15, 0.2) is 0 Å². The van der Waals surface area contributed by atoms with Crippen molar-refractivity contribution in [3.8, 4) is 0 Å². The Morgan fingerprint density at radius 3 is 2.96 bits per heavy atom. The first-order chi connectivity index (χ1) is 13.1. The van der Waals surface area contributed by atoms with Gasteiger partial charge in [0.2, 0.25) is 5.91 Å². The minimum Gasteiger partial charge on any atom is -0.464 e. The van der Waals surface area contributed by atoms with Gasteiger partial charge in [-0.1, -0.05) is 18.2 Å². The fraction of sp³-hybridized carbons (Fsp3) is 0.400. The van der Waals surface area contributed by atoms with Gasteiger partial charge in [0, 0.05) is 23.8 Å². The number of benzene rings is 1. The lowest BCUT2D eigenvalue weighted by molar-refractivity contribution is -0.131. The Morgan fingerprint density at radius 2 is 2.15 bits per heavy atom. The van der Waals surface area contributed by atoms with Crippen LogP contribution >= 0.6 is 0 Å². The minimum absolute atomic E-state index is 0.0423. The number of H-pyrrole nitrogens is 1. The van der Waals surface area contributed by atoms with Gasteiger partial charge in [-0.3, -0.25) is 4.79 Å². The topological polar surface area (TPSA) is 83.7 Å². The normalized spacial score (nSPS) is 21.7. The molecule has 3 heterocycles. The molecule has 0 saturated carbocycles. The van der Waals surface area contributed by atoms with Crippen molar-refractivity contribution >= 4 is 17.6 Å². The molecule has 7 heteroatoms. The number of amides is 1. The van der Waals surface area contributed by atoms with Gasteiger partial charge in [0.05, 0.1) is 26.3 Å². The predicted octanol–water partition coefficient (Wildman–Crippen LogP) is 1.81. The van der Waals surface area contributed by atoms with Gasteiger partial charge in [0.25, 0.3) is 0 Å². The standard InChI is InChI=1S/C20H23N3O4/c1-26-20(25)17-7-6-14(21-17)10-23-9-13(16-4-2-3-5-18(16)23)8-15-11-27-12-19(24)22-15/h2-7,13,15,21H,8-12H2,1H3,(H,22,24). The number of hydrogen-bond acceptors (Lipinski definition) is 5. The highest BCUT2D eigenvalue weighted by atomic mass is 16.5. The van der Waals surface area contributed by atoms with E-state index in [0.29, 0.717) is 24.8 Å². The van der Waals surface area contributed by atoms with E-state index in [9.17, 15) is 9.59 Å². The maximum atomic E-state index is 11.6. The first-order valence-corrected chi connectivity index (χ1v) is 9.11. The summed E-state index contributed by atoms with van der Waals surface area (Å²) in [5.74, 6) is -0.0895. The van der Waals surface area contributed by atoms with Crippen LogP contribution in [0.5, 0.6) is 0 Å². The zero-order valence-corrected chi connectivity index (χ0v) is 15.2. The first-order valence-electron chi connectivity index (χ1n) is 9.11. The maximum Gasteiger partial charge on any atom is 0.354 e. The average molecular weight is 369 g/mol. The molecule has 2 atom stereocenters. The van der Waals surface area contributed by atoms with Crippen molar-refractivity contribution in [3.63, 3.8) is 0 Å². The van der Waals surface area contributed by atoms with Crippen molar-refractivity contribution in [1.29, 1.82) is 0 Å². The Morgan fingerprint density at radius 1 is 1.30 bits per heavy atom. The number of carbonyl (C=O) groups is 2. The Labute approximate surface area is 157 Å². The lowest BCUT2D eigenvalue weighted by atomic mass is 9.94. The fourth-order valence-corrected chi connectivity index (χ4v) is 3.98. The Hall–Kier alpha value is -2.80. The minimum atomic E-state index is -0.367. The van der Waals surface area contributed by atoms with Crippen LogP contribution in [0.4, 0.5) is 5.69 Å². The molecule has 27 heavy (non-hydrogen) atoms. The largest absolute Gasteiger partial charge is 0.464 e. The van der Waals surface area contributed by atoms with Crippen LogP contribution in [0.15, 0.2) is 36.4 Å². The van der Waals surface area contributed by atoms with E-state index in [1.807, 2.05) is 12.1 Å². The maximum absolute atomic E-state index is 11.6. The van der Waals surface area contributed by atoms with Gasteiger partial charge in [-0.05, 0) is 30.2 Å². The molecule has 0 aliphatic carbocycles. The third-order valence-electron chi connectivity index (χ3n) is 5.16. The molecule has 0 spiro atoms. The van der Waals surface area contributed by atoms with Gasteiger partial charge < -0.3 is 24.7 Å². The highest BCUT2D eigenvalue weighted by molar-refractivity contribution is 5.87. The van der Waals surface area contributed by atoms with E-state index in [4.69, 9.17) is 9.47 Å². The summed E-state index contributed by atoms with van der Waals surface area (Å²) in [5.41, 5.74) is 3.90. The molecule has 0 radical (unpaired) electrons. The van der Waals surface area contributed by atoms with Crippen LogP contribution in [-0.4, -0.2) is 49.8 Å². The number of methoxy groups -OCH3 is 1. The molecule has 1 saturated heterocycles. The summed E-state index contributed by atoms with van der Waals surface area (Å²) in [5, 5.41) is 3.02. The summed E-state index contributed by atoms with van der Waals surface area (Å²) in [6, 6.07) is 12.1. The number of morpholine rings is 1. The summed E-state index contributed by atoms with van der Waals surface area (Å²) in [6.07, 6.45) is 0.845. The summed E-state index contributed by atoms with van der Waals surface area (Å²) in [7, 11) is 1.37. The molecule has 1 aromatic heterocycles. The number of esters is 1. The smallest absolute Gasteiger partial charge is 0.354 e. The van der Waals surface area contributed by atoms with E-state index in [-0.39, 0.29) is 24.5 Å². The Kier molecular flexibility index (Phi) is 4.85. The van der Waals surface area contributed by atoms with Crippen LogP contribution < -0.4 is 10.2 Å². The number of aromatic nitrogens is 1. The number of carbonyl (C=O) groups excluding carboxylic acids is 2. The molecule has 2 aliphatic heterocycles. The number of aromatic amines is 1. The number of nitrogens with zero attached hydrogens (tertiary/aromatic N) is 1. The molecule has 1 aromatic carbocycles. The van der Waals surface area contributed by atoms with E-state index in [1.165, 1.54) is 18.4 Å². The number of fused-ring (bicyclic) bond motifs is 1. The zero-order valence-electron chi connectivity index (χ0n) is 15.2. The number of rotatable bonds is 5. The van der Waals surface area contributed by atoms with E-state index in [0.717, 1.165) is 18.7 Å². The number of para-hydroxylation sites is 1. The molecule has 142 valence electrons. The number of hydrogen-bond donors (Lipinski definition) is 2. The second-order valence-electron chi connectivity index (χ2n) is 7.04. The first kappa shape index (κ1) is 17.6. The van der Waals surface area contributed by atoms with Gasteiger partial charge in [-0.25, -0.2) is 4.79 Å². The van der Waals surface area contributed by atoms with Crippen molar-refractivity contribution in [2.75, 3.05) is 31.8 Å². The third kappa shape index (κ3) is 3.68. The van der Waals surface area contributed by atoms with E-state index in [1.54, 1.807) is 6.07 Å². The summed E-state index contributed by atoms with van der Waals surface area (Å²) in [6.45, 7) is 2.25. The van der Waals surface area contributed by atoms with Crippen LogP contribution in [-0.2, 0) is 20.8 Å². The lowest BCUT2D eigenvalue weighted by Gasteiger charge is -2.26. The van der Waals surface area contributed by atoms with Gasteiger partial charge in [0.1, 0.15) is 12.3 Å². The van der Waals surface area contributed by atoms with E-state index in [2.05, 4.69) is 33.4 Å². The van der Waals surface area contributed by atoms with E-state index < -0.39 is 0 Å². The number of nitrogens with one attached hydrogen (secondary N) is 2. The predicted molar refractivity (Wildman–Crippen MR) is 99.7 cm³/mol. The van der Waals surface area contributed by atoms with Crippen LogP contribution in [0.3, 0.4) is 0 Å². The zero-order chi connectivity index (χ0) is 18.8. The van der Waals surface area contributed by atoms with Crippen molar-refractivity contribution in [2.24, 2.45) is 0 Å². The Balaban J connectivity index is 1.49. The van der Waals surface area contributed by atoms with Crippen LogP contribution in [0.25, 0.3) is 0 Å². The summed E-state index contributed by atoms with van der Waals surface area (Å²) < 4.78 is 10.1. The molecule has 4 rings (SSSR count). The van der Waals surface area contributed by atoms with Gasteiger partial charge in [-0.15, -0.1) is 0 Å². The van der Waals surface area contributed by atoms with Crippen molar-refractivity contribution in [3.05, 3.63) is 53.3 Å².